The fraction of sp³-hybridized carbons (Fsp3) is 0.312. The number of esters is 1. The predicted octanol–water partition coefficient (Wildman–Crippen LogP) is 5.47. The number of hydrogen-bond acceptors (Lipinski definition) is 9. The summed E-state index contributed by atoms with van der Waals surface area (Å²) in [6.07, 6.45) is -5.05. The first-order valence-corrected chi connectivity index (χ1v) is 15.1. The molecule has 0 spiro atoms. The van der Waals surface area contributed by atoms with Crippen LogP contribution in [0, 0.1) is 5.41 Å². The maximum atomic E-state index is 13.7. The minimum absolute atomic E-state index is 0.0617. The number of carbonyl (C=O) groups excluding carboxylic acids is 3. The van der Waals surface area contributed by atoms with Gasteiger partial charge in [-0.05, 0) is 23.3 Å². The van der Waals surface area contributed by atoms with Gasteiger partial charge in [-0.25, -0.2) is 0 Å². The van der Waals surface area contributed by atoms with E-state index in [-0.39, 0.29) is 30.9 Å². The summed E-state index contributed by atoms with van der Waals surface area (Å²) in [4.78, 5) is 40.9. The third-order valence-corrected chi connectivity index (χ3v) is 7.73. The molecule has 2 aliphatic heterocycles. The third-order valence-electron chi connectivity index (χ3n) is 7.21. The lowest BCUT2D eigenvalue weighted by Crippen LogP contribution is -2.67. The van der Waals surface area contributed by atoms with Crippen LogP contribution in [0.15, 0.2) is 84.9 Å². The maximum absolute atomic E-state index is 13.7. The van der Waals surface area contributed by atoms with E-state index in [2.05, 4.69) is 0 Å². The SMILES string of the molecule is CC(=O)O[C@H]1C(N2C(=O)c3ccccc3C2=O)[C@H](OC(=N)C(Cl)(Cl)Cl)OC(COCc2ccccc2)[C@H]1OCc1ccccc1. The zero-order valence-electron chi connectivity index (χ0n) is 23.9. The fourth-order valence-corrected chi connectivity index (χ4v) is 5.35. The summed E-state index contributed by atoms with van der Waals surface area (Å²) in [6, 6.07) is 23.4. The Labute approximate surface area is 274 Å². The van der Waals surface area contributed by atoms with Gasteiger partial charge in [0.25, 0.3) is 15.6 Å². The van der Waals surface area contributed by atoms with Crippen molar-refractivity contribution in [2.45, 2.75) is 54.6 Å². The van der Waals surface area contributed by atoms with E-state index >= 15 is 0 Å². The number of halogens is 3. The molecule has 5 rings (SSSR count). The number of hydrogen-bond donors (Lipinski definition) is 1. The average Bonchev–Trinajstić information content (AvgIpc) is 3.26. The first kappa shape index (κ1) is 32.9. The lowest BCUT2D eigenvalue weighted by atomic mass is 9.94. The number of rotatable bonds is 10. The number of amides is 2. The summed E-state index contributed by atoms with van der Waals surface area (Å²) < 4.78 is 27.8. The largest absolute Gasteiger partial charge is 0.457 e. The van der Waals surface area contributed by atoms with Crippen LogP contribution in [0.2, 0.25) is 0 Å². The van der Waals surface area contributed by atoms with Crippen LogP contribution in [-0.4, -0.2) is 69.6 Å². The lowest BCUT2D eigenvalue weighted by molar-refractivity contribution is -0.276. The van der Waals surface area contributed by atoms with Crippen molar-refractivity contribution in [3.8, 4) is 0 Å². The van der Waals surface area contributed by atoms with Crippen molar-refractivity contribution < 1.29 is 38.1 Å². The highest BCUT2D eigenvalue weighted by Crippen LogP contribution is 2.37. The lowest BCUT2D eigenvalue weighted by Gasteiger charge is -2.47. The van der Waals surface area contributed by atoms with Gasteiger partial charge in [0.15, 0.2) is 6.10 Å². The van der Waals surface area contributed by atoms with Crippen LogP contribution >= 0.6 is 34.8 Å². The summed E-state index contributed by atoms with van der Waals surface area (Å²) in [5, 5.41) is 8.28. The quantitative estimate of drug-likeness (QED) is 0.0986. The molecule has 2 unspecified atom stereocenters. The van der Waals surface area contributed by atoms with E-state index in [1.807, 2.05) is 60.7 Å². The molecule has 2 heterocycles. The standard InChI is InChI=1S/C32H29Cl3N2O8/c1-19(38)43-27-25(37-28(39)22-14-8-9-15-23(22)29(37)40)30(45-31(36)32(33,34)35)44-24(18-41-16-20-10-4-2-5-11-20)26(27)42-17-21-12-6-3-7-13-21/h2-15,24-27,30,36H,16-18H2,1H3/t24?,25?,26-,27+,30+/m1/s1. The first-order chi connectivity index (χ1) is 21.5. The molecule has 236 valence electrons. The summed E-state index contributed by atoms with van der Waals surface area (Å²) in [6.45, 7) is 1.36. The van der Waals surface area contributed by atoms with Crippen LogP contribution in [-0.2, 0) is 41.7 Å². The zero-order chi connectivity index (χ0) is 32.1. The molecule has 13 heteroatoms. The summed E-state index contributed by atoms with van der Waals surface area (Å²) in [5.74, 6) is -2.93. The van der Waals surface area contributed by atoms with Gasteiger partial charge >= 0.3 is 5.97 Å². The van der Waals surface area contributed by atoms with Gasteiger partial charge in [0.2, 0.25) is 12.2 Å². The van der Waals surface area contributed by atoms with Crippen molar-refractivity contribution in [2.24, 2.45) is 0 Å². The predicted molar refractivity (Wildman–Crippen MR) is 165 cm³/mol. The summed E-state index contributed by atoms with van der Waals surface area (Å²) >= 11 is 17.8. The van der Waals surface area contributed by atoms with Gasteiger partial charge in [0.05, 0.1) is 30.9 Å². The highest BCUT2D eigenvalue weighted by molar-refractivity contribution is 6.76. The molecule has 2 amide bonds. The van der Waals surface area contributed by atoms with Gasteiger partial charge in [0, 0.05) is 6.92 Å². The van der Waals surface area contributed by atoms with Gasteiger partial charge in [-0.15, -0.1) is 0 Å². The van der Waals surface area contributed by atoms with Crippen LogP contribution in [0.1, 0.15) is 38.8 Å². The highest BCUT2D eigenvalue weighted by atomic mass is 35.6. The normalized spacial score (nSPS) is 23.0. The molecule has 1 saturated heterocycles. The van der Waals surface area contributed by atoms with Crippen molar-refractivity contribution in [1.29, 1.82) is 5.41 Å². The molecule has 10 nitrogen and oxygen atoms in total. The summed E-state index contributed by atoms with van der Waals surface area (Å²) in [7, 11) is 0. The Morgan fingerprint density at radius 3 is 1.89 bits per heavy atom. The minimum Gasteiger partial charge on any atom is -0.457 e. The van der Waals surface area contributed by atoms with E-state index in [9.17, 15) is 14.4 Å². The van der Waals surface area contributed by atoms with E-state index in [1.54, 1.807) is 12.1 Å². The monoisotopic (exact) mass is 674 g/mol. The second-order valence-electron chi connectivity index (χ2n) is 10.3. The molecular weight excluding hydrogens is 647 g/mol. The highest BCUT2D eigenvalue weighted by Gasteiger charge is 2.57. The zero-order valence-corrected chi connectivity index (χ0v) is 26.2. The smallest absolute Gasteiger partial charge is 0.303 e. The molecule has 1 fully saturated rings. The molecule has 45 heavy (non-hydrogen) atoms. The van der Waals surface area contributed by atoms with E-state index in [1.165, 1.54) is 19.1 Å². The van der Waals surface area contributed by atoms with Crippen molar-refractivity contribution in [3.63, 3.8) is 0 Å². The average molecular weight is 676 g/mol. The maximum Gasteiger partial charge on any atom is 0.303 e. The van der Waals surface area contributed by atoms with Gasteiger partial charge in [-0.2, -0.15) is 0 Å². The molecule has 0 saturated carbocycles. The van der Waals surface area contributed by atoms with E-state index in [4.69, 9.17) is 63.9 Å². The molecule has 0 aliphatic carbocycles. The Hall–Kier alpha value is -3.51. The Morgan fingerprint density at radius 2 is 1.36 bits per heavy atom. The molecule has 2 aliphatic rings. The van der Waals surface area contributed by atoms with E-state index < -0.39 is 58.1 Å². The Bertz CT molecular complexity index is 1500. The van der Waals surface area contributed by atoms with Crippen LogP contribution in [0.4, 0.5) is 0 Å². The molecule has 0 aromatic heterocycles. The Balaban J connectivity index is 1.54. The fourth-order valence-electron chi connectivity index (χ4n) is 5.22. The van der Waals surface area contributed by atoms with Crippen molar-refractivity contribution in [1.82, 2.24) is 4.90 Å². The third kappa shape index (κ3) is 7.66. The minimum atomic E-state index is -2.31. The van der Waals surface area contributed by atoms with Crippen molar-refractivity contribution in [2.75, 3.05) is 6.61 Å². The van der Waals surface area contributed by atoms with Crippen LogP contribution in [0.25, 0.3) is 0 Å². The van der Waals surface area contributed by atoms with E-state index in [0.717, 1.165) is 16.0 Å². The van der Waals surface area contributed by atoms with Crippen LogP contribution < -0.4 is 0 Å². The van der Waals surface area contributed by atoms with Crippen molar-refractivity contribution in [3.05, 3.63) is 107 Å². The molecule has 0 bridgehead atoms. The number of imide groups is 1. The Kier molecular flexibility index (Phi) is 10.4. The number of nitrogens with zero attached hydrogens (tertiary/aromatic N) is 1. The number of ether oxygens (including phenoxy) is 5. The topological polar surface area (TPSA) is 124 Å². The molecule has 5 atom stereocenters. The second-order valence-corrected chi connectivity index (χ2v) is 12.6. The van der Waals surface area contributed by atoms with Crippen LogP contribution in [0.5, 0.6) is 0 Å². The first-order valence-electron chi connectivity index (χ1n) is 13.9. The number of nitrogens with one attached hydrogen (secondary N) is 1. The van der Waals surface area contributed by atoms with Gasteiger partial charge in [0.1, 0.15) is 18.2 Å². The number of alkyl halides is 3. The number of benzene rings is 3. The molecule has 3 aromatic carbocycles. The van der Waals surface area contributed by atoms with Gasteiger partial charge in [-0.1, -0.05) is 108 Å². The summed E-state index contributed by atoms with van der Waals surface area (Å²) in [5.41, 5.74) is 1.96. The van der Waals surface area contributed by atoms with E-state index in [0.29, 0.717) is 0 Å². The number of fused-ring (bicyclic) bond motifs is 1. The van der Waals surface area contributed by atoms with Crippen LogP contribution in [0.3, 0.4) is 0 Å². The Morgan fingerprint density at radius 1 is 0.822 bits per heavy atom. The number of carbonyl (C=O) groups is 3. The molecular formula is C32H29Cl3N2O8. The molecule has 0 radical (unpaired) electrons. The molecule has 1 N–H and O–H groups in total. The van der Waals surface area contributed by atoms with Gasteiger partial charge in [-0.3, -0.25) is 24.7 Å². The molecule has 3 aromatic rings. The second kappa shape index (κ2) is 14.3. The van der Waals surface area contributed by atoms with Crippen molar-refractivity contribution >= 4 is 58.5 Å². The van der Waals surface area contributed by atoms with Gasteiger partial charge < -0.3 is 23.7 Å².